The monoisotopic (exact) mass is 500 g/mol. The van der Waals surface area contributed by atoms with Gasteiger partial charge in [-0.1, -0.05) is 57.0 Å². The molecule has 0 aliphatic heterocycles. The second-order valence-corrected chi connectivity index (χ2v) is 29.9. The first-order valence-corrected chi connectivity index (χ1v) is 20.0. The van der Waals surface area contributed by atoms with Crippen molar-refractivity contribution in [2.75, 3.05) is 0 Å². The minimum atomic E-state index is -3.28. The van der Waals surface area contributed by atoms with Crippen molar-refractivity contribution in [3.05, 3.63) is 35.1 Å². The molecule has 0 saturated carbocycles. The molecule has 1 rings (SSSR count). The van der Waals surface area contributed by atoms with Gasteiger partial charge < -0.3 is 5.73 Å². The minimum absolute atomic E-state index is 0.450. The summed E-state index contributed by atoms with van der Waals surface area (Å²) in [6, 6.07) is 6.17. The zero-order valence-electron chi connectivity index (χ0n) is 10.8. The van der Waals surface area contributed by atoms with E-state index >= 15 is 0 Å². The van der Waals surface area contributed by atoms with Crippen LogP contribution in [0.5, 0.6) is 0 Å². The van der Waals surface area contributed by atoms with Crippen LogP contribution in [0.3, 0.4) is 0 Å². The second kappa shape index (κ2) is 8.22. The number of rotatable bonds is 2. The molecule has 0 aliphatic rings. The van der Waals surface area contributed by atoms with Crippen LogP contribution >= 0.6 is 37.7 Å². The Morgan fingerprint density at radius 3 is 1.39 bits per heavy atom. The molecule has 0 aromatic heterocycles. The first-order chi connectivity index (χ1) is 8.04. The van der Waals surface area contributed by atoms with Gasteiger partial charge in [0.25, 0.3) is 0 Å². The summed E-state index contributed by atoms with van der Waals surface area (Å²) in [5.41, 5.74) is 11.1. The van der Waals surface area contributed by atoms with Crippen LogP contribution in [0.2, 0.25) is 0 Å². The first-order valence-electron chi connectivity index (χ1n) is 5.50. The van der Waals surface area contributed by atoms with E-state index in [4.69, 9.17) is 43.4 Å². The quantitative estimate of drug-likeness (QED) is 0.404. The molecule has 1 aromatic rings. The van der Waals surface area contributed by atoms with Gasteiger partial charge in [-0.2, -0.15) is 0 Å². The van der Waals surface area contributed by atoms with Gasteiger partial charge in [0.2, 0.25) is 0 Å². The molecular weight excluding hydrogens is 484 g/mol. The molecule has 0 aliphatic carbocycles. The maximum atomic E-state index is 8.01. The predicted octanol–water partition coefficient (Wildman–Crippen LogP) is 7.37. The molecule has 0 bridgehead atoms. The predicted molar refractivity (Wildman–Crippen MR) is 82.0 cm³/mol. The molecule has 1 N–H and O–H groups in total. The van der Waals surface area contributed by atoms with Crippen LogP contribution in [-0.4, -0.2) is 0 Å². The molecule has 0 spiro atoms. The Bertz CT molecular complexity index is 343. The normalized spacial score (nSPS) is 12.3. The Morgan fingerprint density at radius 1 is 0.889 bits per heavy atom. The summed E-state index contributed by atoms with van der Waals surface area (Å²) < 4.78 is 0. The van der Waals surface area contributed by atoms with Crippen molar-refractivity contribution in [1.29, 1.82) is 0 Å². The number of nitrogens with one attached hydrogen (secondary N) is 1. The van der Waals surface area contributed by atoms with Crippen LogP contribution in [0.4, 0.5) is 5.69 Å². The fraction of sp³-hybridized carbons (Fsp3) is 0.500. The Labute approximate surface area is 129 Å². The van der Waals surface area contributed by atoms with E-state index in [9.17, 15) is 0 Å². The Balaban J connectivity index is 0.000000494. The summed E-state index contributed by atoms with van der Waals surface area (Å²) in [5.74, 6) is 0.900. The molecule has 1 nitrogen and oxygen atoms in total. The molecular formula is C12H18Cl4NW-. The second-order valence-electron chi connectivity index (χ2n) is 4.47. The molecule has 0 saturated heterocycles. The summed E-state index contributed by atoms with van der Waals surface area (Å²) in [5, 5.41) is 0. The van der Waals surface area contributed by atoms with Crippen LogP contribution < -0.4 is 0 Å². The number of hydrogen-bond acceptors (Lipinski definition) is 0. The van der Waals surface area contributed by atoms with Crippen LogP contribution in [0, 0.1) is 0 Å². The van der Waals surface area contributed by atoms with E-state index in [2.05, 4.69) is 45.9 Å². The average Bonchev–Trinajstić information content (AvgIpc) is 2.14. The standard InChI is InChI=1S/C12H18N.4ClH.W/c1-8(2)10-6-5-7-11(9(3)4)12(10)13;;;;;/h5-9,13H,1-4H3;4*1H;/q-1;;;;;+4/p-4. The third kappa shape index (κ3) is 8.12. The Morgan fingerprint density at radius 2 is 1.17 bits per heavy atom. The summed E-state index contributed by atoms with van der Waals surface area (Å²) in [6.07, 6.45) is 0. The molecule has 106 valence electrons. The van der Waals surface area contributed by atoms with Crippen molar-refractivity contribution in [3.63, 3.8) is 0 Å². The van der Waals surface area contributed by atoms with Crippen molar-refractivity contribution in [2.45, 2.75) is 39.5 Å². The van der Waals surface area contributed by atoms with Crippen molar-refractivity contribution in [1.82, 2.24) is 0 Å². The number of benzene rings is 1. The Kier molecular flexibility index (Phi) is 8.62. The molecule has 18 heavy (non-hydrogen) atoms. The summed E-state index contributed by atoms with van der Waals surface area (Å²) in [4.78, 5) is 0. The van der Waals surface area contributed by atoms with E-state index in [0.717, 1.165) is 16.8 Å². The summed E-state index contributed by atoms with van der Waals surface area (Å²) in [7, 11) is 20.1. The van der Waals surface area contributed by atoms with Gasteiger partial charge in [0.1, 0.15) is 0 Å². The van der Waals surface area contributed by atoms with Gasteiger partial charge >= 0.3 is 49.6 Å². The van der Waals surface area contributed by atoms with E-state index in [1.807, 2.05) is 0 Å². The third-order valence-electron chi connectivity index (χ3n) is 2.37. The molecule has 6 heteroatoms. The van der Waals surface area contributed by atoms with Crippen molar-refractivity contribution in [2.24, 2.45) is 0 Å². The van der Waals surface area contributed by atoms with Gasteiger partial charge in [0.15, 0.2) is 0 Å². The van der Waals surface area contributed by atoms with Crippen LogP contribution in [0.15, 0.2) is 18.2 Å². The van der Waals surface area contributed by atoms with E-state index in [1.165, 1.54) is 0 Å². The van der Waals surface area contributed by atoms with E-state index < -0.39 is 11.9 Å². The van der Waals surface area contributed by atoms with Gasteiger partial charge in [-0.25, -0.2) is 0 Å². The molecule has 0 unspecified atom stereocenters. The zero-order valence-corrected chi connectivity index (χ0v) is 16.8. The van der Waals surface area contributed by atoms with Gasteiger partial charge in [0, 0.05) is 0 Å². The zero-order chi connectivity index (χ0) is 14.5. The topological polar surface area (TPSA) is 23.8 Å². The summed E-state index contributed by atoms with van der Waals surface area (Å²) in [6.45, 7) is 8.55. The van der Waals surface area contributed by atoms with Gasteiger partial charge in [-0.3, -0.25) is 0 Å². The fourth-order valence-electron chi connectivity index (χ4n) is 1.55. The molecule has 0 atom stereocenters. The average molecular weight is 502 g/mol. The van der Waals surface area contributed by atoms with E-state index in [1.54, 1.807) is 0 Å². The number of hydrogen-bond donors (Lipinski definition) is 0. The first kappa shape index (κ1) is 18.9. The van der Waals surface area contributed by atoms with Gasteiger partial charge in [-0.15, -0.1) is 5.69 Å². The van der Waals surface area contributed by atoms with Crippen molar-refractivity contribution >= 4 is 43.4 Å². The molecule has 0 heterocycles. The maximum absolute atomic E-state index is 8.01. The molecule has 0 radical (unpaired) electrons. The van der Waals surface area contributed by atoms with Crippen molar-refractivity contribution in [3.8, 4) is 0 Å². The third-order valence-corrected chi connectivity index (χ3v) is 2.37. The van der Waals surface area contributed by atoms with Gasteiger partial charge in [0.05, 0.1) is 0 Å². The van der Waals surface area contributed by atoms with Crippen LogP contribution in [0.25, 0.3) is 5.73 Å². The SMILES string of the molecule is CC(C)c1cccc(C(C)C)c1[NH-].[Cl][W]([Cl])([Cl])[Cl]. The van der Waals surface area contributed by atoms with E-state index in [-0.39, 0.29) is 0 Å². The Hall–Kier alpha value is 0.868. The fourth-order valence-corrected chi connectivity index (χ4v) is 1.55. The summed E-state index contributed by atoms with van der Waals surface area (Å²) >= 11 is -3.28. The molecule has 0 amide bonds. The van der Waals surface area contributed by atoms with Gasteiger partial charge in [-0.05, 0) is 11.8 Å². The number of halogens is 4. The molecule has 0 fully saturated rings. The van der Waals surface area contributed by atoms with Crippen molar-refractivity contribution < 1.29 is 11.9 Å². The van der Waals surface area contributed by atoms with E-state index in [0.29, 0.717) is 11.8 Å². The van der Waals surface area contributed by atoms with Crippen LogP contribution in [-0.2, 0) is 11.9 Å². The molecule has 1 aromatic carbocycles. The van der Waals surface area contributed by atoms with Crippen LogP contribution in [0.1, 0.15) is 50.7 Å².